The highest BCUT2D eigenvalue weighted by Gasteiger charge is 2.36. The third kappa shape index (κ3) is 4.92. The van der Waals surface area contributed by atoms with Crippen molar-refractivity contribution in [1.29, 1.82) is 0 Å². The fourth-order valence-corrected chi connectivity index (χ4v) is 4.31. The number of nitrogens with zero attached hydrogens (tertiary/aromatic N) is 2. The van der Waals surface area contributed by atoms with Crippen LogP contribution in [-0.2, 0) is 0 Å². The smallest absolute Gasteiger partial charge is 0.0682 e. The molecule has 124 valence electrons. The number of hydrogen-bond donors (Lipinski definition) is 2. The lowest BCUT2D eigenvalue weighted by molar-refractivity contribution is 0.0202. The minimum atomic E-state index is -0.192. The standard InChI is InChI=1S/C17H34N2O2/c1-4-5-13-6-7-17(21)14(8-13)10-19-12-16(20)9-15(19)11-18(2)3/h13-17,20-21H,4-12H2,1-3H3. The molecule has 5 atom stereocenters. The second kappa shape index (κ2) is 7.91. The monoisotopic (exact) mass is 298 g/mol. The molecule has 1 aliphatic carbocycles. The van der Waals surface area contributed by atoms with E-state index in [1.807, 2.05) is 0 Å². The molecule has 0 bridgehead atoms. The normalized spacial score (nSPS) is 38.3. The molecule has 21 heavy (non-hydrogen) atoms. The number of aliphatic hydroxyl groups excluding tert-OH is 2. The molecule has 0 amide bonds. The fraction of sp³-hybridized carbons (Fsp3) is 1.00. The van der Waals surface area contributed by atoms with Gasteiger partial charge in [0.25, 0.3) is 0 Å². The number of likely N-dealkylation sites (N-methyl/N-ethyl adjacent to an activating group) is 1. The van der Waals surface area contributed by atoms with Crippen LogP contribution in [0.2, 0.25) is 0 Å². The van der Waals surface area contributed by atoms with Crippen molar-refractivity contribution in [3.8, 4) is 0 Å². The van der Waals surface area contributed by atoms with Crippen LogP contribution in [-0.4, -0.2) is 72.0 Å². The van der Waals surface area contributed by atoms with Gasteiger partial charge in [-0.1, -0.05) is 19.8 Å². The lowest BCUT2D eigenvalue weighted by Gasteiger charge is -2.37. The summed E-state index contributed by atoms with van der Waals surface area (Å²) in [6.45, 7) is 4.99. The van der Waals surface area contributed by atoms with Crippen LogP contribution in [0, 0.1) is 11.8 Å². The van der Waals surface area contributed by atoms with Crippen LogP contribution in [0.3, 0.4) is 0 Å². The third-order valence-corrected chi connectivity index (χ3v) is 5.30. The Balaban J connectivity index is 1.91. The first-order valence-corrected chi connectivity index (χ1v) is 8.74. The van der Waals surface area contributed by atoms with Crippen molar-refractivity contribution in [2.75, 3.05) is 33.7 Å². The summed E-state index contributed by atoms with van der Waals surface area (Å²) >= 11 is 0. The van der Waals surface area contributed by atoms with Crippen LogP contribution in [0.5, 0.6) is 0 Å². The summed E-state index contributed by atoms with van der Waals surface area (Å²) in [7, 11) is 4.19. The molecule has 1 heterocycles. The van der Waals surface area contributed by atoms with Gasteiger partial charge in [-0.25, -0.2) is 0 Å². The Hall–Kier alpha value is -0.160. The second-order valence-electron chi connectivity index (χ2n) is 7.55. The quantitative estimate of drug-likeness (QED) is 0.781. The molecular weight excluding hydrogens is 264 g/mol. The maximum Gasteiger partial charge on any atom is 0.0682 e. The van der Waals surface area contributed by atoms with Crippen molar-refractivity contribution in [3.05, 3.63) is 0 Å². The molecule has 1 saturated carbocycles. The fourth-order valence-electron chi connectivity index (χ4n) is 4.31. The van der Waals surface area contributed by atoms with Crippen molar-refractivity contribution in [2.24, 2.45) is 11.8 Å². The minimum Gasteiger partial charge on any atom is -0.393 e. The first-order valence-electron chi connectivity index (χ1n) is 8.74. The topological polar surface area (TPSA) is 46.9 Å². The van der Waals surface area contributed by atoms with Gasteiger partial charge in [0.1, 0.15) is 0 Å². The Labute approximate surface area is 130 Å². The Morgan fingerprint density at radius 2 is 1.90 bits per heavy atom. The summed E-state index contributed by atoms with van der Waals surface area (Å²) in [5.41, 5.74) is 0. The van der Waals surface area contributed by atoms with E-state index in [-0.39, 0.29) is 12.2 Å². The van der Waals surface area contributed by atoms with Crippen LogP contribution < -0.4 is 0 Å². The van der Waals surface area contributed by atoms with E-state index >= 15 is 0 Å². The van der Waals surface area contributed by atoms with Gasteiger partial charge in [0.05, 0.1) is 12.2 Å². The van der Waals surface area contributed by atoms with E-state index in [9.17, 15) is 10.2 Å². The molecule has 2 fully saturated rings. The van der Waals surface area contributed by atoms with Crippen LogP contribution in [0.1, 0.15) is 45.4 Å². The van der Waals surface area contributed by atoms with Gasteiger partial charge < -0.3 is 15.1 Å². The highest BCUT2D eigenvalue weighted by Crippen LogP contribution is 2.34. The molecule has 4 nitrogen and oxygen atoms in total. The molecule has 0 aromatic rings. The van der Waals surface area contributed by atoms with Crippen molar-refractivity contribution in [2.45, 2.75) is 63.7 Å². The SMILES string of the molecule is CCCC1CCC(O)C(CN2CC(O)CC2CN(C)C)C1. The van der Waals surface area contributed by atoms with Gasteiger partial charge in [0.15, 0.2) is 0 Å². The number of aliphatic hydroxyl groups is 2. The zero-order chi connectivity index (χ0) is 15.4. The Kier molecular flexibility index (Phi) is 6.48. The van der Waals surface area contributed by atoms with E-state index in [1.165, 1.54) is 19.3 Å². The molecular formula is C17H34N2O2. The molecule has 0 aromatic heterocycles. The zero-order valence-electron chi connectivity index (χ0n) is 14.0. The van der Waals surface area contributed by atoms with Gasteiger partial charge in [0, 0.05) is 25.7 Å². The molecule has 2 N–H and O–H groups in total. The van der Waals surface area contributed by atoms with Crippen LogP contribution >= 0.6 is 0 Å². The highest BCUT2D eigenvalue weighted by atomic mass is 16.3. The van der Waals surface area contributed by atoms with Crippen LogP contribution in [0.15, 0.2) is 0 Å². The molecule has 0 spiro atoms. The molecule has 1 saturated heterocycles. The summed E-state index contributed by atoms with van der Waals surface area (Å²) in [5.74, 6) is 1.19. The minimum absolute atomic E-state index is 0.143. The van der Waals surface area contributed by atoms with Crippen molar-refractivity contribution in [1.82, 2.24) is 9.80 Å². The number of β-amino-alcohol motifs (C(OH)–C–C–N with tert-alkyl or cyclic N) is 1. The van der Waals surface area contributed by atoms with Gasteiger partial charge in [0.2, 0.25) is 0 Å². The van der Waals surface area contributed by atoms with Crippen LogP contribution in [0.25, 0.3) is 0 Å². The Morgan fingerprint density at radius 1 is 1.14 bits per heavy atom. The molecule has 4 heteroatoms. The number of hydrogen-bond acceptors (Lipinski definition) is 4. The second-order valence-corrected chi connectivity index (χ2v) is 7.55. The maximum atomic E-state index is 10.3. The predicted octanol–water partition coefficient (Wildman–Crippen LogP) is 1.56. The first kappa shape index (κ1) is 17.2. The van der Waals surface area contributed by atoms with E-state index in [1.54, 1.807) is 0 Å². The molecule has 0 radical (unpaired) electrons. The van der Waals surface area contributed by atoms with Gasteiger partial charge in [-0.3, -0.25) is 4.90 Å². The van der Waals surface area contributed by atoms with E-state index in [0.717, 1.165) is 44.8 Å². The first-order chi connectivity index (χ1) is 9.99. The van der Waals surface area contributed by atoms with E-state index in [0.29, 0.717) is 12.0 Å². The molecule has 1 aliphatic heterocycles. The largest absolute Gasteiger partial charge is 0.393 e. The lowest BCUT2D eigenvalue weighted by atomic mass is 9.77. The summed E-state index contributed by atoms with van der Waals surface area (Å²) in [6, 6.07) is 0.439. The summed E-state index contributed by atoms with van der Waals surface area (Å²) in [6.07, 6.45) is 6.40. The van der Waals surface area contributed by atoms with E-state index in [4.69, 9.17) is 0 Å². The summed E-state index contributed by atoms with van der Waals surface area (Å²) in [4.78, 5) is 4.62. The predicted molar refractivity (Wildman–Crippen MR) is 86.3 cm³/mol. The highest BCUT2D eigenvalue weighted by molar-refractivity contribution is 4.90. The molecule has 0 aromatic carbocycles. The van der Waals surface area contributed by atoms with Crippen molar-refractivity contribution < 1.29 is 10.2 Å². The van der Waals surface area contributed by atoms with E-state index in [2.05, 4.69) is 30.8 Å². The molecule has 2 rings (SSSR count). The third-order valence-electron chi connectivity index (χ3n) is 5.30. The van der Waals surface area contributed by atoms with E-state index < -0.39 is 0 Å². The zero-order valence-corrected chi connectivity index (χ0v) is 14.0. The summed E-state index contributed by atoms with van der Waals surface area (Å²) < 4.78 is 0. The van der Waals surface area contributed by atoms with Gasteiger partial charge in [-0.05, 0) is 51.6 Å². The molecule has 5 unspecified atom stereocenters. The summed E-state index contributed by atoms with van der Waals surface area (Å²) in [5, 5.41) is 20.3. The van der Waals surface area contributed by atoms with Gasteiger partial charge in [-0.2, -0.15) is 0 Å². The average molecular weight is 298 g/mol. The lowest BCUT2D eigenvalue weighted by Crippen LogP contribution is -2.44. The van der Waals surface area contributed by atoms with Gasteiger partial charge >= 0.3 is 0 Å². The number of rotatable bonds is 6. The van der Waals surface area contributed by atoms with Crippen LogP contribution in [0.4, 0.5) is 0 Å². The van der Waals surface area contributed by atoms with Crippen molar-refractivity contribution >= 4 is 0 Å². The van der Waals surface area contributed by atoms with Crippen molar-refractivity contribution in [3.63, 3.8) is 0 Å². The van der Waals surface area contributed by atoms with Gasteiger partial charge in [-0.15, -0.1) is 0 Å². The molecule has 2 aliphatic rings. The average Bonchev–Trinajstić information content (AvgIpc) is 2.73. The maximum absolute atomic E-state index is 10.3. The Bertz CT molecular complexity index is 311. The Morgan fingerprint density at radius 3 is 2.57 bits per heavy atom. The number of likely N-dealkylation sites (tertiary alicyclic amines) is 1.